The van der Waals surface area contributed by atoms with Gasteiger partial charge < -0.3 is 10.1 Å². The zero-order chi connectivity index (χ0) is 15.0. The maximum atomic E-state index is 13.8. The molecule has 0 saturated heterocycles. The molecule has 2 unspecified atom stereocenters. The third kappa shape index (κ3) is 6.49. The highest BCUT2D eigenvalue weighted by molar-refractivity contribution is 5.17. The summed E-state index contributed by atoms with van der Waals surface area (Å²) in [5.41, 5.74) is 0.798. The van der Waals surface area contributed by atoms with E-state index in [1.165, 1.54) is 6.07 Å². The van der Waals surface area contributed by atoms with Crippen molar-refractivity contribution in [2.24, 2.45) is 11.8 Å². The van der Waals surface area contributed by atoms with Crippen LogP contribution >= 0.6 is 0 Å². The van der Waals surface area contributed by atoms with Crippen molar-refractivity contribution in [1.82, 2.24) is 5.32 Å². The quantitative estimate of drug-likeness (QED) is 0.746. The second-order valence-electron chi connectivity index (χ2n) is 6.00. The maximum Gasteiger partial charge on any atom is 0.126 e. The van der Waals surface area contributed by atoms with Gasteiger partial charge in [0.05, 0.1) is 6.10 Å². The first-order valence-corrected chi connectivity index (χ1v) is 7.49. The molecular formula is C17H28FNO. The fraction of sp³-hybridized carbons (Fsp3) is 0.647. The third-order valence-electron chi connectivity index (χ3n) is 3.52. The molecule has 0 aliphatic carbocycles. The summed E-state index contributed by atoms with van der Waals surface area (Å²) in [4.78, 5) is 0. The molecule has 1 aromatic rings. The van der Waals surface area contributed by atoms with Crippen molar-refractivity contribution in [2.75, 3.05) is 20.2 Å². The van der Waals surface area contributed by atoms with Gasteiger partial charge in [0.2, 0.25) is 0 Å². The number of ether oxygens (including phenoxy) is 1. The molecule has 0 aliphatic heterocycles. The maximum absolute atomic E-state index is 13.8. The number of hydrogen-bond donors (Lipinski definition) is 1. The van der Waals surface area contributed by atoms with Gasteiger partial charge in [0.15, 0.2) is 0 Å². The third-order valence-corrected chi connectivity index (χ3v) is 3.52. The first-order chi connectivity index (χ1) is 9.52. The van der Waals surface area contributed by atoms with Crippen LogP contribution in [-0.2, 0) is 11.2 Å². The average molecular weight is 281 g/mol. The Hall–Kier alpha value is -0.930. The van der Waals surface area contributed by atoms with Gasteiger partial charge in [-0.25, -0.2) is 4.39 Å². The monoisotopic (exact) mass is 281 g/mol. The van der Waals surface area contributed by atoms with Crippen LogP contribution in [0.25, 0.3) is 0 Å². The van der Waals surface area contributed by atoms with E-state index < -0.39 is 0 Å². The molecule has 0 aliphatic rings. The topological polar surface area (TPSA) is 21.3 Å². The van der Waals surface area contributed by atoms with Crippen LogP contribution in [0.4, 0.5) is 4.39 Å². The second-order valence-corrected chi connectivity index (χ2v) is 6.00. The number of hydrogen-bond acceptors (Lipinski definition) is 2. The van der Waals surface area contributed by atoms with Gasteiger partial charge in [-0.15, -0.1) is 0 Å². The Morgan fingerprint density at radius 2 is 1.85 bits per heavy atom. The molecule has 114 valence electrons. The lowest BCUT2D eigenvalue weighted by molar-refractivity contribution is 0.0943. The van der Waals surface area contributed by atoms with Crippen LogP contribution in [-0.4, -0.2) is 26.3 Å². The molecule has 0 amide bonds. The van der Waals surface area contributed by atoms with E-state index in [4.69, 9.17) is 4.74 Å². The van der Waals surface area contributed by atoms with Crippen LogP contribution in [0.3, 0.4) is 0 Å². The second kappa shape index (κ2) is 9.09. The molecule has 2 atom stereocenters. The molecule has 0 bridgehead atoms. The first-order valence-electron chi connectivity index (χ1n) is 7.49. The Morgan fingerprint density at radius 3 is 2.45 bits per heavy atom. The summed E-state index contributed by atoms with van der Waals surface area (Å²) >= 11 is 0. The van der Waals surface area contributed by atoms with E-state index in [0.29, 0.717) is 11.8 Å². The number of methoxy groups -OCH3 is 1. The van der Waals surface area contributed by atoms with Crippen LogP contribution in [0.5, 0.6) is 0 Å². The highest BCUT2D eigenvalue weighted by atomic mass is 19.1. The number of nitrogens with one attached hydrogen (secondary N) is 1. The number of rotatable bonds is 9. The molecule has 2 nitrogen and oxygen atoms in total. The van der Waals surface area contributed by atoms with Crippen LogP contribution < -0.4 is 5.32 Å². The Kier molecular flexibility index (Phi) is 7.78. The summed E-state index contributed by atoms with van der Waals surface area (Å²) in [6.45, 7) is 8.35. The van der Waals surface area contributed by atoms with Crippen molar-refractivity contribution in [3.05, 3.63) is 35.6 Å². The predicted molar refractivity (Wildman–Crippen MR) is 82.4 cm³/mol. The van der Waals surface area contributed by atoms with E-state index in [1.54, 1.807) is 13.2 Å². The molecule has 0 heterocycles. The van der Waals surface area contributed by atoms with E-state index >= 15 is 0 Å². The Bertz CT molecular complexity index is 381. The highest BCUT2D eigenvalue weighted by Gasteiger charge is 2.15. The lowest BCUT2D eigenvalue weighted by Crippen LogP contribution is -2.30. The lowest BCUT2D eigenvalue weighted by atomic mass is 9.93. The lowest BCUT2D eigenvalue weighted by Gasteiger charge is -2.22. The van der Waals surface area contributed by atoms with Crippen molar-refractivity contribution < 1.29 is 9.13 Å². The summed E-state index contributed by atoms with van der Waals surface area (Å²) < 4.78 is 19.1. The average Bonchev–Trinajstić information content (AvgIpc) is 2.40. The van der Waals surface area contributed by atoms with Crippen molar-refractivity contribution in [2.45, 2.75) is 39.7 Å². The Balaban J connectivity index is 2.59. The van der Waals surface area contributed by atoms with Gasteiger partial charge in [-0.1, -0.05) is 32.0 Å². The summed E-state index contributed by atoms with van der Waals surface area (Å²) in [7, 11) is 1.73. The van der Waals surface area contributed by atoms with Crippen LogP contribution in [0.1, 0.15) is 32.8 Å². The zero-order valence-corrected chi connectivity index (χ0v) is 13.2. The summed E-state index contributed by atoms with van der Waals surface area (Å²) in [5.74, 6) is 0.913. The minimum atomic E-state index is -0.105. The van der Waals surface area contributed by atoms with Gasteiger partial charge in [-0.05, 0) is 56.3 Å². The van der Waals surface area contributed by atoms with Gasteiger partial charge in [0, 0.05) is 7.11 Å². The molecule has 1 rings (SSSR count). The fourth-order valence-electron chi connectivity index (χ4n) is 2.36. The van der Waals surface area contributed by atoms with E-state index in [2.05, 4.69) is 26.1 Å². The van der Waals surface area contributed by atoms with Crippen molar-refractivity contribution in [3.8, 4) is 0 Å². The minimum Gasteiger partial charge on any atom is -0.382 e. The molecule has 20 heavy (non-hydrogen) atoms. The van der Waals surface area contributed by atoms with Gasteiger partial charge in [-0.2, -0.15) is 0 Å². The minimum absolute atomic E-state index is 0.105. The summed E-state index contributed by atoms with van der Waals surface area (Å²) in [5, 5.41) is 3.48. The van der Waals surface area contributed by atoms with E-state index in [-0.39, 0.29) is 11.9 Å². The van der Waals surface area contributed by atoms with Gasteiger partial charge >= 0.3 is 0 Å². The summed E-state index contributed by atoms with van der Waals surface area (Å²) in [6.07, 6.45) is 1.90. The molecule has 1 N–H and O–H groups in total. The predicted octanol–water partition coefficient (Wildman–Crippen LogP) is 3.66. The van der Waals surface area contributed by atoms with E-state index in [1.807, 2.05) is 12.1 Å². The molecule has 0 spiro atoms. The molecular weight excluding hydrogens is 253 g/mol. The Labute approximate surface area is 122 Å². The first kappa shape index (κ1) is 17.1. The van der Waals surface area contributed by atoms with Crippen LogP contribution in [0.2, 0.25) is 0 Å². The van der Waals surface area contributed by atoms with Crippen LogP contribution in [0.15, 0.2) is 24.3 Å². The fourth-order valence-corrected chi connectivity index (χ4v) is 2.36. The SMILES string of the molecule is COC(C)CC(CNCC(C)C)Cc1ccccc1F. The van der Waals surface area contributed by atoms with E-state index in [9.17, 15) is 4.39 Å². The highest BCUT2D eigenvalue weighted by Crippen LogP contribution is 2.17. The van der Waals surface area contributed by atoms with Gasteiger partial charge in [0.25, 0.3) is 0 Å². The molecule has 0 fully saturated rings. The largest absolute Gasteiger partial charge is 0.382 e. The number of benzene rings is 1. The standard InChI is InChI=1S/C17H28FNO/c1-13(2)11-19-12-15(9-14(3)20-4)10-16-7-5-6-8-17(16)18/h5-8,13-15,19H,9-12H2,1-4H3. The van der Waals surface area contributed by atoms with Crippen molar-refractivity contribution in [1.29, 1.82) is 0 Å². The molecule has 0 aromatic heterocycles. The number of halogens is 1. The van der Waals surface area contributed by atoms with E-state index in [0.717, 1.165) is 31.5 Å². The normalized spacial score (nSPS) is 14.5. The molecule has 0 radical (unpaired) electrons. The molecule has 0 saturated carbocycles. The zero-order valence-electron chi connectivity index (χ0n) is 13.2. The molecule has 1 aromatic carbocycles. The van der Waals surface area contributed by atoms with Crippen LogP contribution in [0, 0.1) is 17.7 Å². The summed E-state index contributed by atoms with van der Waals surface area (Å²) in [6, 6.07) is 7.05. The van der Waals surface area contributed by atoms with Gasteiger partial charge in [0.1, 0.15) is 5.82 Å². The molecule has 3 heteroatoms. The smallest absolute Gasteiger partial charge is 0.126 e. The Morgan fingerprint density at radius 1 is 1.15 bits per heavy atom. The van der Waals surface area contributed by atoms with Crippen molar-refractivity contribution >= 4 is 0 Å². The van der Waals surface area contributed by atoms with Gasteiger partial charge in [-0.3, -0.25) is 0 Å². The van der Waals surface area contributed by atoms with Crippen molar-refractivity contribution in [3.63, 3.8) is 0 Å².